The first-order chi connectivity index (χ1) is 14.5. The molecule has 1 aliphatic rings. The van der Waals surface area contributed by atoms with Crippen molar-refractivity contribution in [2.75, 3.05) is 11.4 Å². The molecule has 0 bridgehead atoms. The molecule has 1 aliphatic heterocycles. The number of carbonyl (C=O) groups excluding carboxylic acids is 2. The molecule has 1 fully saturated rings. The molecule has 2 aromatic carbocycles. The Bertz CT molecular complexity index is 1070. The highest BCUT2D eigenvalue weighted by Gasteiger charge is 2.35. The Labute approximate surface area is 177 Å². The molecule has 4 rings (SSSR count). The largest absolute Gasteiger partial charge is 0.486 e. The molecule has 1 N–H and O–H groups in total. The van der Waals surface area contributed by atoms with Gasteiger partial charge in [-0.3, -0.25) is 9.59 Å². The van der Waals surface area contributed by atoms with Crippen molar-refractivity contribution in [1.29, 1.82) is 0 Å². The Kier molecular flexibility index (Phi) is 5.72. The normalized spacial score (nSPS) is 16.0. The van der Waals surface area contributed by atoms with Crippen LogP contribution in [0, 0.1) is 5.82 Å². The van der Waals surface area contributed by atoms with Gasteiger partial charge in [0.05, 0.1) is 10.7 Å². The summed E-state index contributed by atoms with van der Waals surface area (Å²) in [4.78, 5) is 26.8. The van der Waals surface area contributed by atoms with E-state index in [1.807, 2.05) is 0 Å². The second-order valence-electron chi connectivity index (χ2n) is 6.76. The van der Waals surface area contributed by atoms with Gasteiger partial charge in [-0.05, 0) is 55.0 Å². The van der Waals surface area contributed by atoms with Gasteiger partial charge in [0.1, 0.15) is 30.0 Å². The number of benzene rings is 2. The third-order valence-corrected chi connectivity index (χ3v) is 5.05. The Morgan fingerprint density at radius 3 is 2.70 bits per heavy atom. The summed E-state index contributed by atoms with van der Waals surface area (Å²) >= 11 is 6.18. The summed E-state index contributed by atoms with van der Waals surface area (Å²) in [5.74, 6) is -0.0641. The molecular weight excluding hydrogens is 411 g/mol. The smallest absolute Gasteiger partial charge is 0.287 e. The van der Waals surface area contributed by atoms with E-state index in [1.54, 1.807) is 35.2 Å². The Morgan fingerprint density at radius 1 is 1.17 bits per heavy atom. The second kappa shape index (κ2) is 8.59. The Balaban J connectivity index is 1.35. The first-order valence-corrected chi connectivity index (χ1v) is 9.73. The van der Waals surface area contributed by atoms with Crippen molar-refractivity contribution >= 4 is 29.1 Å². The van der Waals surface area contributed by atoms with Crippen molar-refractivity contribution in [3.8, 4) is 5.75 Å². The minimum absolute atomic E-state index is 0.0803. The maximum atomic E-state index is 12.9. The molecule has 3 aromatic rings. The molecule has 8 heteroatoms. The van der Waals surface area contributed by atoms with Crippen LogP contribution < -0.4 is 15.0 Å². The maximum absolute atomic E-state index is 12.9. The number of nitrogens with zero attached hydrogens (tertiary/aromatic N) is 1. The number of carbonyl (C=O) groups is 2. The van der Waals surface area contributed by atoms with Crippen molar-refractivity contribution in [1.82, 2.24) is 5.32 Å². The predicted octanol–water partition coefficient (Wildman–Crippen LogP) is 4.19. The SMILES string of the molecule is O=C(NC1CCN(c2ccccc2Cl)C1=O)c1ccc(COc2ccc(F)cc2)o1. The topological polar surface area (TPSA) is 71.8 Å². The number of hydrogen-bond acceptors (Lipinski definition) is 4. The van der Waals surface area contributed by atoms with E-state index in [9.17, 15) is 14.0 Å². The van der Waals surface area contributed by atoms with Gasteiger partial charge in [-0.25, -0.2) is 4.39 Å². The molecular formula is C22H18ClFN2O4. The molecule has 154 valence electrons. The number of halogens is 2. The molecule has 1 aromatic heterocycles. The molecule has 1 unspecified atom stereocenters. The van der Waals surface area contributed by atoms with E-state index in [4.69, 9.17) is 20.8 Å². The molecule has 6 nitrogen and oxygen atoms in total. The van der Waals surface area contributed by atoms with Gasteiger partial charge in [-0.2, -0.15) is 0 Å². The summed E-state index contributed by atoms with van der Waals surface area (Å²) in [6.45, 7) is 0.546. The van der Waals surface area contributed by atoms with Gasteiger partial charge in [0, 0.05) is 6.54 Å². The van der Waals surface area contributed by atoms with Crippen LogP contribution in [0.4, 0.5) is 10.1 Å². The van der Waals surface area contributed by atoms with Gasteiger partial charge in [0.15, 0.2) is 5.76 Å². The van der Waals surface area contributed by atoms with Gasteiger partial charge in [-0.15, -0.1) is 0 Å². The number of para-hydroxylation sites is 1. The number of furan rings is 1. The third-order valence-electron chi connectivity index (χ3n) is 4.73. The summed E-state index contributed by atoms with van der Waals surface area (Å²) in [6, 6.07) is 15.1. The zero-order valence-electron chi connectivity index (χ0n) is 15.8. The fourth-order valence-corrected chi connectivity index (χ4v) is 3.45. The molecule has 1 atom stereocenters. The third kappa shape index (κ3) is 4.31. The Hall–Kier alpha value is -3.32. The van der Waals surface area contributed by atoms with Crippen molar-refractivity contribution in [2.24, 2.45) is 0 Å². The van der Waals surface area contributed by atoms with E-state index >= 15 is 0 Å². The van der Waals surface area contributed by atoms with Gasteiger partial charge < -0.3 is 19.4 Å². The Morgan fingerprint density at radius 2 is 1.93 bits per heavy atom. The number of anilines is 1. The summed E-state index contributed by atoms with van der Waals surface area (Å²) in [7, 11) is 0. The van der Waals surface area contributed by atoms with Crippen LogP contribution in [0.15, 0.2) is 65.1 Å². The zero-order chi connectivity index (χ0) is 21.1. The van der Waals surface area contributed by atoms with E-state index < -0.39 is 11.9 Å². The van der Waals surface area contributed by atoms with Crippen LogP contribution in [0.1, 0.15) is 22.7 Å². The standard InChI is InChI=1S/C22H18ClFN2O4/c23-17-3-1-2-4-19(17)26-12-11-18(22(26)28)25-21(27)20-10-9-16(30-20)13-29-15-7-5-14(24)6-8-15/h1-10,18H,11-13H2,(H,25,27). The molecule has 2 amide bonds. The fourth-order valence-electron chi connectivity index (χ4n) is 3.22. The number of hydrogen-bond donors (Lipinski definition) is 1. The van der Waals surface area contributed by atoms with E-state index in [0.29, 0.717) is 35.2 Å². The lowest BCUT2D eigenvalue weighted by molar-refractivity contribution is -0.118. The average Bonchev–Trinajstić information content (AvgIpc) is 3.36. The highest BCUT2D eigenvalue weighted by Crippen LogP contribution is 2.29. The van der Waals surface area contributed by atoms with Crippen molar-refractivity contribution in [3.05, 3.63) is 83.0 Å². The number of rotatable bonds is 6. The number of ether oxygens (including phenoxy) is 1. The summed E-state index contributed by atoms with van der Waals surface area (Å²) in [5.41, 5.74) is 0.624. The fraction of sp³-hybridized carbons (Fsp3) is 0.182. The lowest BCUT2D eigenvalue weighted by Crippen LogP contribution is -2.41. The van der Waals surface area contributed by atoms with E-state index in [1.165, 1.54) is 30.3 Å². The lowest BCUT2D eigenvalue weighted by Gasteiger charge is -2.18. The van der Waals surface area contributed by atoms with E-state index in [-0.39, 0.29) is 24.1 Å². The van der Waals surface area contributed by atoms with Gasteiger partial charge in [-0.1, -0.05) is 23.7 Å². The van der Waals surface area contributed by atoms with Crippen LogP contribution in [0.3, 0.4) is 0 Å². The monoisotopic (exact) mass is 428 g/mol. The second-order valence-corrected chi connectivity index (χ2v) is 7.17. The lowest BCUT2D eigenvalue weighted by atomic mass is 10.2. The first kappa shape index (κ1) is 20.0. The van der Waals surface area contributed by atoms with Crippen LogP contribution in [0.2, 0.25) is 5.02 Å². The van der Waals surface area contributed by atoms with Gasteiger partial charge in [0.25, 0.3) is 5.91 Å². The summed E-state index contributed by atoms with van der Waals surface area (Å²) in [5, 5.41) is 3.19. The van der Waals surface area contributed by atoms with E-state index in [0.717, 1.165) is 0 Å². The van der Waals surface area contributed by atoms with Crippen molar-refractivity contribution in [2.45, 2.75) is 19.1 Å². The molecule has 0 aliphatic carbocycles. The number of nitrogens with one attached hydrogen (secondary N) is 1. The molecule has 1 saturated heterocycles. The van der Waals surface area contributed by atoms with Crippen molar-refractivity contribution in [3.63, 3.8) is 0 Å². The minimum atomic E-state index is -0.655. The number of amides is 2. The van der Waals surface area contributed by atoms with Crippen LogP contribution in [-0.2, 0) is 11.4 Å². The highest BCUT2D eigenvalue weighted by molar-refractivity contribution is 6.34. The van der Waals surface area contributed by atoms with E-state index in [2.05, 4.69) is 5.32 Å². The average molecular weight is 429 g/mol. The first-order valence-electron chi connectivity index (χ1n) is 9.35. The molecule has 0 saturated carbocycles. The van der Waals surface area contributed by atoms with Crippen LogP contribution in [0.5, 0.6) is 5.75 Å². The molecule has 0 spiro atoms. The predicted molar refractivity (Wildman–Crippen MR) is 109 cm³/mol. The summed E-state index contributed by atoms with van der Waals surface area (Å²) in [6.07, 6.45) is 0.469. The summed E-state index contributed by atoms with van der Waals surface area (Å²) < 4.78 is 23.9. The van der Waals surface area contributed by atoms with Gasteiger partial charge in [0.2, 0.25) is 5.91 Å². The maximum Gasteiger partial charge on any atom is 0.287 e. The van der Waals surface area contributed by atoms with Crippen molar-refractivity contribution < 1.29 is 23.1 Å². The molecule has 2 heterocycles. The van der Waals surface area contributed by atoms with Crippen LogP contribution in [-0.4, -0.2) is 24.4 Å². The minimum Gasteiger partial charge on any atom is -0.486 e. The highest BCUT2D eigenvalue weighted by atomic mass is 35.5. The molecule has 0 radical (unpaired) electrons. The zero-order valence-corrected chi connectivity index (χ0v) is 16.6. The van der Waals surface area contributed by atoms with Gasteiger partial charge >= 0.3 is 0 Å². The quantitative estimate of drug-likeness (QED) is 0.639. The molecule has 30 heavy (non-hydrogen) atoms. The van der Waals surface area contributed by atoms with Crippen LogP contribution >= 0.6 is 11.6 Å². The van der Waals surface area contributed by atoms with Crippen LogP contribution in [0.25, 0.3) is 0 Å².